The summed E-state index contributed by atoms with van der Waals surface area (Å²) in [4.78, 5) is 25.3. The summed E-state index contributed by atoms with van der Waals surface area (Å²) in [5, 5.41) is 13.7. The zero-order valence-electron chi connectivity index (χ0n) is 13.3. The van der Waals surface area contributed by atoms with Crippen molar-refractivity contribution < 1.29 is 19.5 Å². The van der Waals surface area contributed by atoms with Crippen molar-refractivity contribution in [2.75, 3.05) is 7.05 Å². The minimum Gasteiger partial charge on any atom is -0.508 e. The summed E-state index contributed by atoms with van der Waals surface area (Å²) in [6.45, 7) is 4.69. The molecule has 2 atom stereocenters. The smallest absolute Gasteiger partial charge is 0.206 e. The van der Waals surface area contributed by atoms with Crippen LogP contribution < -0.4 is 5.32 Å². The molecule has 122 valence electrons. The number of phenols is 1. The van der Waals surface area contributed by atoms with Gasteiger partial charge in [0.15, 0.2) is 0 Å². The van der Waals surface area contributed by atoms with Gasteiger partial charge in [-0.15, -0.1) is 0 Å². The summed E-state index contributed by atoms with van der Waals surface area (Å²) in [5.74, 6) is 0.281. The molecule has 0 saturated heterocycles. The first-order valence-corrected chi connectivity index (χ1v) is 7.33. The van der Waals surface area contributed by atoms with Crippen LogP contribution >= 0.6 is 0 Å². The molecule has 0 aliphatic carbocycles. The summed E-state index contributed by atoms with van der Waals surface area (Å²) in [6, 6.07) is 5.56. The quantitative estimate of drug-likeness (QED) is 0.813. The lowest BCUT2D eigenvalue weighted by Crippen LogP contribution is -2.37. The van der Waals surface area contributed by atoms with Gasteiger partial charge in [0.1, 0.15) is 18.1 Å². The summed E-state index contributed by atoms with van der Waals surface area (Å²) in [6.07, 6.45) is 2.86. The third kappa shape index (κ3) is 5.13. The van der Waals surface area contributed by atoms with E-state index in [4.69, 9.17) is 9.63 Å². The molecule has 0 saturated carbocycles. The molecule has 1 aromatic carbocycles. The van der Waals surface area contributed by atoms with Crippen molar-refractivity contribution in [2.24, 2.45) is 0 Å². The zero-order valence-corrected chi connectivity index (χ0v) is 13.3. The maximum atomic E-state index is 10.4. The van der Waals surface area contributed by atoms with Crippen LogP contribution in [0.5, 0.6) is 5.75 Å². The van der Waals surface area contributed by atoms with Crippen molar-refractivity contribution in [1.29, 1.82) is 0 Å². The molecule has 1 aromatic rings. The van der Waals surface area contributed by atoms with Gasteiger partial charge in [-0.25, -0.2) is 0 Å². The van der Waals surface area contributed by atoms with E-state index >= 15 is 0 Å². The number of carbonyl (C=O) groups excluding carboxylic acids is 2. The maximum Gasteiger partial charge on any atom is 0.206 e. The standard InChI is InChI=1S/C14H19NO3.C2H5NO/c1-10(4-3-7-16)15-9-12-8-13(17)5-6-14(12)11(2)18-15;1-3-2-4/h5-8,10-11,17H,3-4,9H2,1-2H3;2H,1H3,(H,3,4). The van der Waals surface area contributed by atoms with Crippen LogP contribution in [0.2, 0.25) is 0 Å². The van der Waals surface area contributed by atoms with E-state index in [1.165, 1.54) is 0 Å². The number of rotatable bonds is 5. The molecule has 22 heavy (non-hydrogen) atoms. The fourth-order valence-corrected chi connectivity index (χ4v) is 2.30. The minimum absolute atomic E-state index is 0.0203. The summed E-state index contributed by atoms with van der Waals surface area (Å²) >= 11 is 0. The molecule has 2 N–H and O–H groups in total. The van der Waals surface area contributed by atoms with Crippen molar-refractivity contribution in [3.05, 3.63) is 29.3 Å². The second-order valence-electron chi connectivity index (χ2n) is 5.21. The number of hydrogen-bond acceptors (Lipinski definition) is 5. The van der Waals surface area contributed by atoms with Gasteiger partial charge in [0.25, 0.3) is 0 Å². The van der Waals surface area contributed by atoms with Crippen molar-refractivity contribution in [3.63, 3.8) is 0 Å². The van der Waals surface area contributed by atoms with Crippen molar-refractivity contribution in [2.45, 2.75) is 45.4 Å². The van der Waals surface area contributed by atoms with Crippen LogP contribution in [0.4, 0.5) is 0 Å². The highest BCUT2D eigenvalue weighted by Gasteiger charge is 2.26. The maximum absolute atomic E-state index is 10.4. The van der Waals surface area contributed by atoms with E-state index in [0.29, 0.717) is 19.4 Å². The van der Waals surface area contributed by atoms with E-state index in [1.807, 2.05) is 25.0 Å². The monoisotopic (exact) mass is 308 g/mol. The van der Waals surface area contributed by atoms with Gasteiger partial charge in [0.2, 0.25) is 6.41 Å². The Morgan fingerprint density at radius 3 is 2.77 bits per heavy atom. The molecule has 2 rings (SSSR count). The summed E-state index contributed by atoms with van der Waals surface area (Å²) in [5.41, 5.74) is 2.21. The van der Waals surface area contributed by atoms with Crippen LogP contribution in [0, 0.1) is 0 Å². The van der Waals surface area contributed by atoms with Crippen LogP contribution in [-0.2, 0) is 21.0 Å². The molecule has 1 aliphatic rings. The van der Waals surface area contributed by atoms with Crippen LogP contribution in [0.3, 0.4) is 0 Å². The zero-order chi connectivity index (χ0) is 16.5. The average Bonchev–Trinajstić information content (AvgIpc) is 2.52. The predicted octanol–water partition coefficient (Wildman–Crippen LogP) is 1.93. The predicted molar refractivity (Wildman–Crippen MR) is 83.0 cm³/mol. The topological polar surface area (TPSA) is 78.9 Å². The van der Waals surface area contributed by atoms with Crippen molar-refractivity contribution in [3.8, 4) is 5.75 Å². The minimum atomic E-state index is -0.0203. The Bertz CT molecular complexity index is 493. The van der Waals surface area contributed by atoms with Crippen LogP contribution in [0.25, 0.3) is 0 Å². The van der Waals surface area contributed by atoms with Gasteiger partial charge in [-0.3, -0.25) is 9.63 Å². The second-order valence-corrected chi connectivity index (χ2v) is 5.21. The van der Waals surface area contributed by atoms with E-state index in [0.717, 1.165) is 23.8 Å². The largest absolute Gasteiger partial charge is 0.508 e. The number of aldehydes is 1. The lowest BCUT2D eigenvalue weighted by molar-refractivity contribution is -0.234. The number of nitrogens with one attached hydrogen (secondary N) is 1. The normalized spacial score (nSPS) is 18.4. The highest BCUT2D eigenvalue weighted by atomic mass is 16.7. The van der Waals surface area contributed by atoms with Crippen LogP contribution in [-0.4, -0.2) is 36.0 Å². The average molecular weight is 308 g/mol. The Labute approximate surface area is 131 Å². The number of hydroxylamine groups is 2. The number of benzene rings is 1. The molecular formula is C16H24N2O4. The van der Waals surface area contributed by atoms with Gasteiger partial charge in [0, 0.05) is 26.1 Å². The Hall–Kier alpha value is -1.92. The van der Waals surface area contributed by atoms with Gasteiger partial charge in [0.05, 0.1) is 0 Å². The van der Waals surface area contributed by atoms with Crippen LogP contribution in [0.15, 0.2) is 18.2 Å². The summed E-state index contributed by atoms with van der Waals surface area (Å²) < 4.78 is 0. The first kappa shape index (κ1) is 18.1. The van der Waals surface area contributed by atoms with E-state index in [-0.39, 0.29) is 17.9 Å². The number of phenolic OH excluding ortho intramolecular Hbond substituents is 1. The van der Waals surface area contributed by atoms with E-state index in [1.54, 1.807) is 19.2 Å². The van der Waals surface area contributed by atoms with Gasteiger partial charge in [-0.2, -0.15) is 5.06 Å². The molecule has 0 aromatic heterocycles. The molecule has 1 heterocycles. The molecule has 6 nitrogen and oxygen atoms in total. The SMILES string of the molecule is CC1ON(C(C)CCC=O)Cc2cc(O)ccc21.CNC=O. The summed E-state index contributed by atoms with van der Waals surface area (Å²) in [7, 11) is 1.56. The van der Waals surface area contributed by atoms with Crippen molar-refractivity contribution in [1.82, 2.24) is 10.4 Å². The Balaban J connectivity index is 0.000000541. The molecular weight excluding hydrogens is 284 g/mol. The highest BCUT2D eigenvalue weighted by molar-refractivity contribution is 5.49. The lowest BCUT2D eigenvalue weighted by Gasteiger charge is -2.36. The number of aromatic hydroxyl groups is 1. The number of carbonyl (C=O) groups is 2. The second kappa shape index (κ2) is 9.17. The molecule has 0 fully saturated rings. The molecule has 0 radical (unpaired) electrons. The number of fused-ring (bicyclic) bond motifs is 1. The third-order valence-corrected chi connectivity index (χ3v) is 3.50. The van der Waals surface area contributed by atoms with Gasteiger partial charge >= 0.3 is 0 Å². The number of nitrogens with zero attached hydrogens (tertiary/aromatic N) is 1. The lowest BCUT2D eigenvalue weighted by atomic mass is 10.0. The van der Waals surface area contributed by atoms with Gasteiger partial charge in [-0.1, -0.05) is 6.07 Å². The molecule has 6 heteroatoms. The Morgan fingerprint density at radius 1 is 1.50 bits per heavy atom. The molecule has 1 aliphatic heterocycles. The first-order valence-electron chi connectivity index (χ1n) is 7.33. The molecule has 1 amide bonds. The molecule has 2 unspecified atom stereocenters. The van der Waals surface area contributed by atoms with E-state index in [2.05, 4.69) is 5.32 Å². The third-order valence-electron chi connectivity index (χ3n) is 3.50. The Kier molecular flexibility index (Phi) is 7.56. The fraction of sp³-hybridized carbons (Fsp3) is 0.500. The number of hydrogen-bond donors (Lipinski definition) is 2. The fourth-order valence-electron chi connectivity index (χ4n) is 2.30. The molecule has 0 spiro atoms. The van der Waals surface area contributed by atoms with E-state index in [9.17, 15) is 9.90 Å². The van der Waals surface area contributed by atoms with Gasteiger partial charge < -0.3 is 15.2 Å². The molecule has 0 bridgehead atoms. The highest BCUT2D eigenvalue weighted by Crippen LogP contribution is 2.32. The Morgan fingerprint density at radius 2 is 2.18 bits per heavy atom. The first-order chi connectivity index (χ1) is 10.5. The van der Waals surface area contributed by atoms with Crippen LogP contribution in [0.1, 0.15) is 43.9 Å². The van der Waals surface area contributed by atoms with Crippen molar-refractivity contribution >= 4 is 12.7 Å². The van der Waals surface area contributed by atoms with Gasteiger partial charge in [-0.05, 0) is 43.5 Å². The van der Waals surface area contributed by atoms with E-state index < -0.39 is 0 Å². The number of amides is 1.